The lowest BCUT2D eigenvalue weighted by atomic mass is 10.2. The summed E-state index contributed by atoms with van der Waals surface area (Å²) in [4.78, 5) is 15.7. The topological polar surface area (TPSA) is 63.2 Å². The molecule has 110 valence electrons. The van der Waals surface area contributed by atoms with Crippen molar-refractivity contribution >= 4 is 39.7 Å². The van der Waals surface area contributed by atoms with Crippen molar-refractivity contribution in [3.8, 4) is 17.0 Å². The van der Waals surface area contributed by atoms with Crippen molar-refractivity contribution in [2.45, 2.75) is 13.3 Å². The SMILES string of the molecule is CCC(=O)NC(=S)Nc1nc(-c2ccc(OC)cc2)cs1. The van der Waals surface area contributed by atoms with E-state index in [9.17, 15) is 4.79 Å². The fourth-order valence-electron chi connectivity index (χ4n) is 1.57. The van der Waals surface area contributed by atoms with Crippen LogP contribution in [0.15, 0.2) is 29.6 Å². The van der Waals surface area contributed by atoms with E-state index in [4.69, 9.17) is 17.0 Å². The summed E-state index contributed by atoms with van der Waals surface area (Å²) in [7, 11) is 1.63. The molecular formula is C14H15N3O2S2. The van der Waals surface area contributed by atoms with Crippen LogP contribution < -0.4 is 15.4 Å². The number of carbonyl (C=O) groups is 1. The molecule has 0 bridgehead atoms. The molecule has 0 aliphatic carbocycles. The number of hydrogen-bond acceptors (Lipinski definition) is 5. The molecule has 2 aromatic rings. The maximum Gasteiger partial charge on any atom is 0.225 e. The lowest BCUT2D eigenvalue weighted by Gasteiger charge is -2.05. The van der Waals surface area contributed by atoms with Gasteiger partial charge in [-0.2, -0.15) is 0 Å². The monoisotopic (exact) mass is 321 g/mol. The number of methoxy groups -OCH3 is 1. The van der Waals surface area contributed by atoms with Crippen LogP contribution in [-0.2, 0) is 4.79 Å². The Labute approximate surface area is 132 Å². The molecule has 0 unspecified atom stereocenters. The zero-order chi connectivity index (χ0) is 15.2. The molecule has 0 aliphatic heterocycles. The van der Waals surface area contributed by atoms with Crippen LogP contribution in [-0.4, -0.2) is 23.1 Å². The predicted octanol–water partition coefficient (Wildman–Crippen LogP) is 3.04. The van der Waals surface area contributed by atoms with E-state index in [1.54, 1.807) is 14.0 Å². The second-order valence-corrected chi connectivity index (χ2v) is 5.39. The van der Waals surface area contributed by atoms with Gasteiger partial charge in [0.05, 0.1) is 12.8 Å². The molecule has 5 nitrogen and oxygen atoms in total. The first-order valence-electron chi connectivity index (χ1n) is 6.33. The van der Waals surface area contributed by atoms with E-state index in [2.05, 4.69) is 15.6 Å². The standard InChI is InChI=1S/C14H15N3O2S2/c1-3-12(18)16-13(20)17-14-15-11(8-21-14)9-4-6-10(19-2)7-5-9/h4-8H,3H2,1-2H3,(H2,15,16,17,18,20). The molecule has 1 heterocycles. The van der Waals surface area contributed by atoms with Crippen molar-refractivity contribution in [2.75, 3.05) is 12.4 Å². The summed E-state index contributed by atoms with van der Waals surface area (Å²) < 4.78 is 5.12. The van der Waals surface area contributed by atoms with Crippen LogP contribution in [0.1, 0.15) is 13.3 Å². The van der Waals surface area contributed by atoms with Crippen LogP contribution in [0.25, 0.3) is 11.3 Å². The van der Waals surface area contributed by atoms with Crippen molar-refractivity contribution in [2.24, 2.45) is 0 Å². The molecule has 0 aliphatic rings. The Morgan fingerprint density at radius 2 is 2.10 bits per heavy atom. The molecule has 0 fully saturated rings. The molecule has 1 amide bonds. The van der Waals surface area contributed by atoms with Crippen molar-refractivity contribution in [1.82, 2.24) is 10.3 Å². The minimum absolute atomic E-state index is 0.126. The smallest absolute Gasteiger partial charge is 0.225 e. The first kappa shape index (κ1) is 15.4. The summed E-state index contributed by atoms with van der Waals surface area (Å²) in [6.07, 6.45) is 0.386. The fraction of sp³-hybridized carbons (Fsp3) is 0.214. The van der Waals surface area contributed by atoms with Gasteiger partial charge in [-0.05, 0) is 36.5 Å². The van der Waals surface area contributed by atoms with Gasteiger partial charge in [0.1, 0.15) is 5.75 Å². The Balaban J connectivity index is 2.03. The Morgan fingerprint density at radius 1 is 1.38 bits per heavy atom. The summed E-state index contributed by atoms with van der Waals surface area (Å²) in [6.45, 7) is 1.77. The maximum atomic E-state index is 11.2. The predicted molar refractivity (Wildman–Crippen MR) is 88.8 cm³/mol. The van der Waals surface area contributed by atoms with Crippen LogP contribution in [0, 0.1) is 0 Å². The number of carbonyl (C=O) groups excluding carboxylic acids is 1. The van der Waals surface area contributed by atoms with E-state index in [1.165, 1.54) is 11.3 Å². The molecule has 2 rings (SSSR count). The lowest BCUT2D eigenvalue weighted by Crippen LogP contribution is -2.33. The Morgan fingerprint density at radius 3 is 2.71 bits per heavy atom. The average Bonchev–Trinajstić information content (AvgIpc) is 2.95. The van der Waals surface area contributed by atoms with E-state index in [1.807, 2.05) is 29.6 Å². The van der Waals surface area contributed by atoms with E-state index in [0.717, 1.165) is 17.0 Å². The van der Waals surface area contributed by atoms with Crippen LogP contribution in [0.5, 0.6) is 5.75 Å². The summed E-state index contributed by atoms with van der Waals surface area (Å²) in [5, 5.41) is 8.30. The van der Waals surface area contributed by atoms with Gasteiger partial charge in [0.2, 0.25) is 5.91 Å². The van der Waals surface area contributed by atoms with Gasteiger partial charge in [-0.15, -0.1) is 11.3 Å². The largest absolute Gasteiger partial charge is 0.497 e. The zero-order valence-corrected chi connectivity index (χ0v) is 13.3. The quantitative estimate of drug-likeness (QED) is 0.848. The van der Waals surface area contributed by atoms with Crippen LogP contribution in [0.4, 0.5) is 5.13 Å². The summed E-state index contributed by atoms with van der Waals surface area (Å²) >= 11 is 6.47. The highest BCUT2D eigenvalue weighted by Crippen LogP contribution is 2.26. The third-order valence-electron chi connectivity index (χ3n) is 2.68. The van der Waals surface area contributed by atoms with Crippen molar-refractivity contribution < 1.29 is 9.53 Å². The molecule has 2 N–H and O–H groups in total. The molecular weight excluding hydrogens is 306 g/mol. The molecule has 21 heavy (non-hydrogen) atoms. The number of rotatable bonds is 4. The van der Waals surface area contributed by atoms with E-state index < -0.39 is 0 Å². The number of thiazole rings is 1. The minimum Gasteiger partial charge on any atom is -0.497 e. The fourth-order valence-corrected chi connectivity index (χ4v) is 2.57. The van der Waals surface area contributed by atoms with E-state index >= 15 is 0 Å². The summed E-state index contributed by atoms with van der Waals surface area (Å²) in [5.41, 5.74) is 1.83. The molecule has 0 radical (unpaired) electrons. The highest BCUT2D eigenvalue weighted by molar-refractivity contribution is 7.80. The number of amides is 1. The first-order valence-corrected chi connectivity index (χ1v) is 7.62. The van der Waals surface area contributed by atoms with Crippen LogP contribution in [0.3, 0.4) is 0 Å². The van der Waals surface area contributed by atoms with Gasteiger partial charge >= 0.3 is 0 Å². The van der Waals surface area contributed by atoms with E-state index in [-0.39, 0.29) is 11.0 Å². The number of nitrogens with one attached hydrogen (secondary N) is 2. The van der Waals surface area contributed by atoms with Gasteiger partial charge in [0, 0.05) is 17.4 Å². The van der Waals surface area contributed by atoms with E-state index in [0.29, 0.717) is 11.6 Å². The zero-order valence-electron chi connectivity index (χ0n) is 11.7. The molecule has 0 atom stereocenters. The number of ether oxygens (including phenoxy) is 1. The van der Waals surface area contributed by atoms with Crippen LogP contribution >= 0.6 is 23.6 Å². The van der Waals surface area contributed by atoms with Gasteiger partial charge in [0.25, 0.3) is 0 Å². The lowest BCUT2D eigenvalue weighted by molar-refractivity contribution is -0.119. The summed E-state index contributed by atoms with van der Waals surface area (Å²) in [6, 6.07) is 7.64. The number of aromatic nitrogens is 1. The third kappa shape index (κ3) is 4.24. The van der Waals surface area contributed by atoms with Crippen LogP contribution in [0.2, 0.25) is 0 Å². The first-order chi connectivity index (χ1) is 10.1. The normalized spacial score (nSPS) is 10.0. The van der Waals surface area contributed by atoms with Gasteiger partial charge in [-0.3, -0.25) is 4.79 Å². The van der Waals surface area contributed by atoms with Crippen molar-refractivity contribution in [3.63, 3.8) is 0 Å². The average molecular weight is 321 g/mol. The number of anilines is 1. The molecule has 1 aromatic heterocycles. The number of benzene rings is 1. The third-order valence-corrected chi connectivity index (χ3v) is 3.65. The van der Waals surface area contributed by atoms with Gasteiger partial charge in [-0.25, -0.2) is 4.98 Å². The van der Waals surface area contributed by atoms with Crippen molar-refractivity contribution in [1.29, 1.82) is 0 Å². The minimum atomic E-state index is -0.126. The van der Waals surface area contributed by atoms with Gasteiger partial charge < -0.3 is 15.4 Å². The van der Waals surface area contributed by atoms with Crippen molar-refractivity contribution in [3.05, 3.63) is 29.6 Å². The second kappa shape index (κ2) is 7.14. The van der Waals surface area contributed by atoms with Gasteiger partial charge in [-0.1, -0.05) is 6.92 Å². The Hall–Kier alpha value is -1.99. The molecule has 0 saturated carbocycles. The summed E-state index contributed by atoms with van der Waals surface area (Å²) in [5.74, 6) is 0.676. The Kier molecular flexibility index (Phi) is 5.24. The number of nitrogens with zero attached hydrogens (tertiary/aromatic N) is 1. The Bertz CT molecular complexity index is 638. The number of thiocarbonyl (C=S) groups is 1. The van der Waals surface area contributed by atoms with Gasteiger partial charge in [0.15, 0.2) is 10.2 Å². The highest BCUT2D eigenvalue weighted by Gasteiger charge is 2.07. The second-order valence-electron chi connectivity index (χ2n) is 4.12. The molecule has 0 spiro atoms. The maximum absolute atomic E-state index is 11.2. The number of hydrogen-bond donors (Lipinski definition) is 2. The molecule has 0 saturated heterocycles. The molecule has 7 heteroatoms. The molecule has 1 aromatic carbocycles. The highest BCUT2D eigenvalue weighted by atomic mass is 32.1.